The highest BCUT2D eigenvalue weighted by Crippen LogP contribution is 2.39. The number of anilines is 1. The van der Waals surface area contributed by atoms with Gasteiger partial charge in [-0.15, -0.1) is 0 Å². The van der Waals surface area contributed by atoms with E-state index >= 15 is 0 Å². The van der Waals surface area contributed by atoms with Crippen molar-refractivity contribution in [2.45, 2.75) is 18.9 Å². The van der Waals surface area contributed by atoms with Crippen molar-refractivity contribution in [1.82, 2.24) is 4.98 Å². The molecule has 0 aliphatic carbocycles. The van der Waals surface area contributed by atoms with Gasteiger partial charge in [-0.05, 0) is 36.8 Å². The van der Waals surface area contributed by atoms with Crippen molar-refractivity contribution in [3.63, 3.8) is 0 Å². The number of pyridine rings is 1. The molecule has 142 valence electrons. The van der Waals surface area contributed by atoms with E-state index in [1.54, 1.807) is 13.0 Å². The fraction of sp³-hybridized carbons (Fsp3) is 0.235. The number of nitrogens with one attached hydrogen (secondary N) is 1. The number of aryl methyl sites for hydroxylation is 1. The van der Waals surface area contributed by atoms with Gasteiger partial charge in [-0.2, -0.15) is 0 Å². The Hall–Kier alpha value is -2.81. The van der Waals surface area contributed by atoms with Crippen molar-refractivity contribution in [2.75, 3.05) is 11.9 Å². The Bertz CT molecular complexity index is 936. The number of amidine groups is 1. The van der Waals surface area contributed by atoms with E-state index in [4.69, 9.17) is 17.3 Å². The Morgan fingerprint density at radius 2 is 2.15 bits per heavy atom. The number of carbonyl (C=O) groups excluding carboxylic acids is 1. The number of hydrogen-bond acceptors (Lipinski definition) is 5. The van der Waals surface area contributed by atoms with Gasteiger partial charge in [0.2, 0.25) is 0 Å². The molecule has 0 saturated carbocycles. The maximum absolute atomic E-state index is 14.2. The van der Waals surface area contributed by atoms with Gasteiger partial charge in [-0.3, -0.25) is 4.79 Å². The maximum atomic E-state index is 14.2. The summed E-state index contributed by atoms with van der Waals surface area (Å²) in [6.45, 7) is 0.626. The first kappa shape index (κ1) is 19.0. The van der Waals surface area contributed by atoms with Gasteiger partial charge in [0.15, 0.2) is 12.6 Å². The standard InChI is InChI=1S/C17H14ClF3N4O2/c1-8-4-9(18)6-23-13(8)15(26)24-10-2-3-12(19)11(5-10)14-17(20,21)7-27-16(22)25-14/h2-6,14H,7H2,1H3,(H2,22,25)(H,24,26). The quantitative estimate of drug-likeness (QED) is 0.828. The summed E-state index contributed by atoms with van der Waals surface area (Å²) in [6.07, 6.45) is 1.31. The second-order valence-electron chi connectivity index (χ2n) is 5.93. The summed E-state index contributed by atoms with van der Waals surface area (Å²) in [5.41, 5.74) is 5.65. The van der Waals surface area contributed by atoms with Gasteiger partial charge in [0.25, 0.3) is 11.9 Å². The molecular weight excluding hydrogens is 385 g/mol. The van der Waals surface area contributed by atoms with Gasteiger partial charge in [0.05, 0.1) is 5.02 Å². The second kappa shape index (κ2) is 7.07. The summed E-state index contributed by atoms with van der Waals surface area (Å²) in [7, 11) is 0. The van der Waals surface area contributed by atoms with Gasteiger partial charge < -0.3 is 15.8 Å². The number of amides is 1. The lowest BCUT2D eigenvalue weighted by Crippen LogP contribution is -2.40. The Balaban J connectivity index is 1.91. The van der Waals surface area contributed by atoms with E-state index in [1.165, 1.54) is 12.3 Å². The number of aromatic nitrogens is 1. The molecule has 6 nitrogen and oxygen atoms in total. The van der Waals surface area contributed by atoms with Crippen LogP contribution in [0.5, 0.6) is 0 Å². The molecule has 1 aliphatic rings. The van der Waals surface area contributed by atoms with Gasteiger partial charge in [0, 0.05) is 17.4 Å². The molecule has 1 aromatic carbocycles. The number of nitrogens with two attached hydrogens (primary N) is 1. The first-order valence-corrected chi connectivity index (χ1v) is 8.12. The third-order valence-electron chi connectivity index (χ3n) is 3.88. The van der Waals surface area contributed by atoms with Crippen LogP contribution in [0.15, 0.2) is 35.5 Å². The van der Waals surface area contributed by atoms with Crippen LogP contribution in [-0.4, -0.2) is 29.4 Å². The monoisotopic (exact) mass is 398 g/mol. The maximum Gasteiger partial charge on any atom is 0.307 e. The third kappa shape index (κ3) is 3.97. The highest BCUT2D eigenvalue weighted by Gasteiger charge is 2.46. The van der Waals surface area contributed by atoms with Crippen LogP contribution in [0.25, 0.3) is 0 Å². The summed E-state index contributed by atoms with van der Waals surface area (Å²) in [5.74, 6) is -4.96. The number of alkyl halides is 2. The van der Waals surface area contributed by atoms with Crippen molar-refractivity contribution >= 4 is 29.2 Å². The molecule has 2 heterocycles. The van der Waals surface area contributed by atoms with E-state index in [0.29, 0.717) is 10.6 Å². The number of aliphatic imine (C=N–C) groups is 1. The summed E-state index contributed by atoms with van der Waals surface area (Å²) in [4.78, 5) is 19.8. The molecule has 0 spiro atoms. The normalized spacial score (nSPS) is 18.4. The first-order valence-electron chi connectivity index (χ1n) is 7.74. The van der Waals surface area contributed by atoms with Gasteiger partial charge in [0.1, 0.15) is 11.5 Å². The van der Waals surface area contributed by atoms with E-state index < -0.39 is 41.9 Å². The Kier molecular flexibility index (Phi) is 4.97. The number of ether oxygens (including phenoxy) is 1. The average molecular weight is 399 g/mol. The highest BCUT2D eigenvalue weighted by atomic mass is 35.5. The number of benzene rings is 1. The fourth-order valence-corrected chi connectivity index (χ4v) is 2.82. The largest absolute Gasteiger partial charge is 0.459 e. The molecule has 3 rings (SSSR count). The zero-order valence-corrected chi connectivity index (χ0v) is 14.7. The molecule has 3 N–H and O–H groups in total. The minimum absolute atomic E-state index is 0.101. The van der Waals surface area contributed by atoms with Crippen LogP contribution in [0.4, 0.5) is 18.9 Å². The van der Waals surface area contributed by atoms with Gasteiger partial charge in [-0.25, -0.2) is 23.1 Å². The number of hydrogen-bond donors (Lipinski definition) is 2. The average Bonchev–Trinajstić information content (AvgIpc) is 2.59. The molecular formula is C17H14ClF3N4O2. The first-order chi connectivity index (χ1) is 12.7. The van der Waals surface area contributed by atoms with Crippen LogP contribution >= 0.6 is 11.6 Å². The number of nitrogens with zero attached hydrogens (tertiary/aromatic N) is 2. The van der Waals surface area contributed by atoms with Crippen molar-refractivity contribution in [2.24, 2.45) is 10.7 Å². The summed E-state index contributed by atoms with van der Waals surface area (Å²) >= 11 is 5.80. The molecule has 1 amide bonds. The van der Waals surface area contributed by atoms with Crippen LogP contribution in [0, 0.1) is 12.7 Å². The molecule has 0 radical (unpaired) electrons. The predicted octanol–water partition coefficient (Wildman–Crippen LogP) is 3.46. The number of halogens is 4. The second-order valence-corrected chi connectivity index (χ2v) is 6.37. The lowest BCUT2D eigenvalue weighted by atomic mass is 9.99. The molecule has 10 heteroatoms. The van der Waals surface area contributed by atoms with Crippen molar-refractivity contribution in [1.29, 1.82) is 0 Å². The summed E-state index contributed by atoms with van der Waals surface area (Å²) in [6, 6.07) is 2.52. The molecule has 0 saturated heterocycles. The van der Waals surface area contributed by atoms with Gasteiger partial charge in [-0.1, -0.05) is 11.6 Å². The van der Waals surface area contributed by atoms with E-state index in [9.17, 15) is 18.0 Å². The van der Waals surface area contributed by atoms with Crippen molar-refractivity contribution in [3.8, 4) is 0 Å². The summed E-state index contributed by atoms with van der Waals surface area (Å²) < 4.78 is 46.9. The van der Waals surface area contributed by atoms with E-state index in [-0.39, 0.29) is 11.4 Å². The molecule has 27 heavy (non-hydrogen) atoms. The van der Waals surface area contributed by atoms with Crippen LogP contribution in [0.2, 0.25) is 5.02 Å². The zero-order valence-electron chi connectivity index (χ0n) is 14.0. The lowest BCUT2D eigenvalue weighted by Gasteiger charge is -2.28. The smallest absolute Gasteiger partial charge is 0.307 e. The van der Waals surface area contributed by atoms with Crippen LogP contribution in [-0.2, 0) is 4.74 Å². The Morgan fingerprint density at radius 1 is 1.41 bits per heavy atom. The number of rotatable bonds is 3. The lowest BCUT2D eigenvalue weighted by molar-refractivity contribution is -0.0788. The summed E-state index contributed by atoms with van der Waals surface area (Å²) in [5, 5.41) is 2.86. The van der Waals surface area contributed by atoms with Crippen molar-refractivity contribution in [3.05, 3.63) is 58.1 Å². The predicted molar refractivity (Wildman–Crippen MR) is 93.6 cm³/mol. The molecule has 2 aromatic rings. The molecule has 1 atom stereocenters. The molecule has 0 fully saturated rings. The van der Waals surface area contributed by atoms with E-state index in [0.717, 1.165) is 12.1 Å². The van der Waals surface area contributed by atoms with Crippen molar-refractivity contribution < 1.29 is 22.7 Å². The van der Waals surface area contributed by atoms with Crippen LogP contribution < -0.4 is 11.1 Å². The molecule has 1 unspecified atom stereocenters. The van der Waals surface area contributed by atoms with Crippen LogP contribution in [0.3, 0.4) is 0 Å². The van der Waals surface area contributed by atoms with Gasteiger partial charge >= 0.3 is 5.92 Å². The molecule has 1 aliphatic heterocycles. The number of carbonyl (C=O) groups is 1. The minimum atomic E-state index is -3.46. The zero-order chi connectivity index (χ0) is 19.8. The minimum Gasteiger partial charge on any atom is -0.459 e. The Labute approximate surface area is 157 Å². The fourth-order valence-electron chi connectivity index (χ4n) is 2.60. The SMILES string of the molecule is Cc1cc(Cl)cnc1C(=O)Nc1ccc(F)c(C2N=C(N)OCC2(F)F)c1. The third-order valence-corrected chi connectivity index (χ3v) is 4.08. The molecule has 0 bridgehead atoms. The molecule has 1 aromatic heterocycles. The van der Waals surface area contributed by atoms with E-state index in [1.807, 2.05) is 0 Å². The highest BCUT2D eigenvalue weighted by molar-refractivity contribution is 6.30. The Morgan fingerprint density at radius 3 is 2.85 bits per heavy atom. The van der Waals surface area contributed by atoms with Crippen LogP contribution in [0.1, 0.15) is 27.7 Å². The topological polar surface area (TPSA) is 89.6 Å². The van der Waals surface area contributed by atoms with E-state index in [2.05, 4.69) is 20.0 Å².